The molecule has 1 heterocycles. The lowest BCUT2D eigenvalue weighted by molar-refractivity contribution is 0.351. The Morgan fingerprint density at radius 3 is 2.75 bits per heavy atom. The van der Waals surface area contributed by atoms with Crippen molar-refractivity contribution in [2.75, 3.05) is 25.0 Å². The summed E-state index contributed by atoms with van der Waals surface area (Å²) in [6, 6.07) is 6.90. The first-order chi connectivity index (χ1) is 9.61. The summed E-state index contributed by atoms with van der Waals surface area (Å²) in [5, 5.41) is 3.31. The van der Waals surface area contributed by atoms with Gasteiger partial charge in [-0.2, -0.15) is 0 Å². The van der Waals surface area contributed by atoms with Gasteiger partial charge in [-0.15, -0.1) is 0 Å². The molecule has 2 heteroatoms. The van der Waals surface area contributed by atoms with Crippen LogP contribution >= 0.6 is 0 Å². The predicted molar refractivity (Wildman–Crippen MR) is 88.3 cm³/mol. The van der Waals surface area contributed by atoms with Crippen molar-refractivity contribution in [2.45, 2.75) is 46.6 Å². The molecule has 0 spiro atoms. The van der Waals surface area contributed by atoms with Crippen LogP contribution in [0, 0.1) is 18.8 Å². The van der Waals surface area contributed by atoms with Gasteiger partial charge in [0.15, 0.2) is 0 Å². The molecule has 1 fully saturated rings. The summed E-state index contributed by atoms with van der Waals surface area (Å²) in [5.74, 6) is 1.72. The summed E-state index contributed by atoms with van der Waals surface area (Å²) in [4.78, 5) is 2.61. The molecule has 0 saturated carbocycles. The van der Waals surface area contributed by atoms with Crippen LogP contribution in [-0.4, -0.2) is 20.1 Å². The van der Waals surface area contributed by atoms with Crippen LogP contribution in [0.15, 0.2) is 18.2 Å². The van der Waals surface area contributed by atoms with Crippen LogP contribution in [0.3, 0.4) is 0 Å². The standard InChI is InChI=1S/C18H30N2/c1-14(2)16-6-5-10-20(11-9-16)18-8-7-15(3)12-17(18)13-19-4/h7-8,12,14,16,19H,5-6,9-11,13H2,1-4H3. The maximum Gasteiger partial charge on any atom is 0.0412 e. The fourth-order valence-corrected chi connectivity index (χ4v) is 3.38. The lowest BCUT2D eigenvalue weighted by Gasteiger charge is -2.26. The topological polar surface area (TPSA) is 15.3 Å². The van der Waals surface area contributed by atoms with Crippen LogP contribution < -0.4 is 10.2 Å². The average molecular weight is 274 g/mol. The fraction of sp³-hybridized carbons (Fsp3) is 0.667. The van der Waals surface area contributed by atoms with Crippen LogP contribution in [0.5, 0.6) is 0 Å². The van der Waals surface area contributed by atoms with Crippen LogP contribution in [0.1, 0.15) is 44.2 Å². The van der Waals surface area contributed by atoms with E-state index in [0.717, 1.165) is 18.4 Å². The van der Waals surface area contributed by atoms with E-state index in [1.807, 2.05) is 7.05 Å². The van der Waals surface area contributed by atoms with Crippen LogP contribution in [0.4, 0.5) is 5.69 Å². The monoisotopic (exact) mass is 274 g/mol. The van der Waals surface area contributed by atoms with Gasteiger partial charge < -0.3 is 10.2 Å². The zero-order valence-electron chi connectivity index (χ0n) is 13.6. The number of nitrogens with one attached hydrogen (secondary N) is 1. The first kappa shape index (κ1) is 15.4. The minimum Gasteiger partial charge on any atom is -0.371 e. The van der Waals surface area contributed by atoms with Gasteiger partial charge in [-0.05, 0) is 56.7 Å². The molecule has 1 aliphatic rings. The Labute approximate surface area is 124 Å². The molecular formula is C18H30N2. The molecular weight excluding hydrogens is 244 g/mol. The molecule has 1 atom stereocenters. The summed E-state index contributed by atoms with van der Waals surface area (Å²) < 4.78 is 0. The molecule has 1 saturated heterocycles. The van der Waals surface area contributed by atoms with E-state index in [2.05, 4.69) is 49.2 Å². The van der Waals surface area contributed by atoms with Gasteiger partial charge in [0.1, 0.15) is 0 Å². The van der Waals surface area contributed by atoms with Crippen molar-refractivity contribution in [1.82, 2.24) is 5.32 Å². The highest BCUT2D eigenvalue weighted by molar-refractivity contribution is 5.55. The maximum absolute atomic E-state index is 3.31. The molecule has 0 amide bonds. The second kappa shape index (κ2) is 7.12. The molecule has 2 nitrogen and oxygen atoms in total. The summed E-state index contributed by atoms with van der Waals surface area (Å²) in [5.41, 5.74) is 4.23. The van der Waals surface area contributed by atoms with E-state index in [1.54, 1.807) is 0 Å². The molecule has 1 aliphatic heterocycles. The highest BCUT2D eigenvalue weighted by Crippen LogP contribution is 2.29. The van der Waals surface area contributed by atoms with Gasteiger partial charge in [-0.1, -0.05) is 31.5 Å². The molecule has 0 radical (unpaired) electrons. The van der Waals surface area contributed by atoms with Crippen molar-refractivity contribution in [3.63, 3.8) is 0 Å². The van der Waals surface area contributed by atoms with Crippen LogP contribution in [0.2, 0.25) is 0 Å². The van der Waals surface area contributed by atoms with Crippen LogP contribution in [-0.2, 0) is 6.54 Å². The highest BCUT2D eigenvalue weighted by Gasteiger charge is 2.20. The summed E-state index contributed by atoms with van der Waals surface area (Å²) >= 11 is 0. The normalized spacial score (nSPS) is 20.2. The second-order valence-electron chi connectivity index (χ2n) is 6.58. The molecule has 0 aliphatic carbocycles. The third kappa shape index (κ3) is 3.76. The summed E-state index contributed by atoms with van der Waals surface area (Å²) in [6.07, 6.45) is 4.06. The van der Waals surface area contributed by atoms with Crippen molar-refractivity contribution in [1.29, 1.82) is 0 Å². The Morgan fingerprint density at radius 1 is 1.25 bits per heavy atom. The van der Waals surface area contributed by atoms with Gasteiger partial charge in [0.25, 0.3) is 0 Å². The number of aryl methyl sites for hydroxylation is 1. The number of nitrogens with zero attached hydrogens (tertiary/aromatic N) is 1. The summed E-state index contributed by atoms with van der Waals surface area (Å²) in [7, 11) is 2.03. The minimum atomic E-state index is 0.824. The number of hydrogen-bond donors (Lipinski definition) is 1. The quantitative estimate of drug-likeness (QED) is 0.893. The van der Waals surface area contributed by atoms with Gasteiger partial charge in [0.05, 0.1) is 0 Å². The van der Waals surface area contributed by atoms with Gasteiger partial charge in [-0.25, -0.2) is 0 Å². The average Bonchev–Trinajstić information content (AvgIpc) is 2.65. The third-order valence-electron chi connectivity index (χ3n) is 4.66. The van der Waals surface area contributed by atoms with Crippen molar-refractivity contribution in [3.05, 3.63) is 29.3 Å². The largest absolute Gasteiger partial charge is 0.371 e. The Bertz CT molecular complexity index is 425. The lowest BCUT2D eigenvalue weighted by atomic mass is 9.89. The molecule has 20 heavy (non-hydrogen) atoms. The number of hydrogen-bond acceptors (Lipinski definition) is 2. The third-order valence-corrected chi connectivity index (χ3v) is 4.66. The highest BCUT2D eigenvalue weighted by atomic mass is 15.1. The molecule has 1 aromatic rings. The van der Waals surface area contributed by atoms with E-state index in [-0.39, 0.29) is 0 Å². The predicted octanol–water partition coefficient (Wildman–Crippen LogP) is 3.98. The molecule has 1 unspecified atom stereocenters. The van der Waals surface area contributed by atoms with E-state index < -0.39 is 0 Å². The Balaban J connectivity index is 2.14. The first-order valence-corrected chi connectivity index (χ1v) is 8.11. The second-order valence-corrected chi connectivity index (χ2v) is 6.58. The van der Waals surface area contributed by atoms with Gasteiger partial charge in [-0.3, -0.25) is 0 Å². The van der Waals surface area contributed by atoms with E-state index in [1.165, 1.54) is 49.2 Å². The summed E-state index contributed by atoms with van der Waals surface area (Å²) in [6.45, 7) is 10.3. The van der Waals surface area contributed by atoms with E-state index >= 15 is 0 Å². The zero-order chi connectivity index (χ0) is 14.5. The van der Waals surface area contributed by atoms with Gasteiger partial charge >= 0.3 is 0 Å². The van der Waals surface area contributed by atoms with E-state index in [0.29, 0.717) is 0 Å². The van der Waals surface area contributed by atoms with Gasteiger partial charge in [0, 0.05) is 25.3 Å². The minimum absolute atomic E-state index is 0.824. The SMILES string of the molecule is CNCc1cc(C)ccc1N1CCCC(C(C)C)CC1. The van der Waals surface area contributed by atoms with Gasteiger partial charge in [0.2, 0.25) is 0 Å². The Hall–Kier alpha value is -1.02. The van der Waals surface area contributed by atoms with Crippen molar-refractivity contribution in [2.24, 2.45) is 11.8 Å². The molecule has 1 aromatic carbocycles. The number of anilines is 1. The van der Waals surface area contributed by atoms with Crippen molar-refractivity contribution < 1.29 is 0 Å². The number of benzene rings is 1. The molecule has 0 aromatic heterocycles. The number of rotatable bonds is 4. The Kier molecular flexibility index (Phi) is 5.47. The zero-order valence-corrected chi connectivity index (χ0v) is 13.6. The van der Waals surface area contributed by atoms with Crippen molar-refractivity contribution in [3.8, 4) is 0 Å². The molecule has 0 bridgehead atoms. The fourth-order valence-electron chi connectivity index (χ4n) is 3.38. The maximum atomic E-state index is 3.31. The lowest BCUT2D eigenvalue weighted by Crippen LogP contribution is -2.26. The van der Waals surface area contributed by atoms with E-state index in [4.69, 9.17) is 0 Å². The van der Waals surface area contributed by atoms with E-state index in [9.17, 15) is 0 Å². The Morgan fingerprint density at radius 2 is 2.05 bits per heavy atom. The first-order valence-electron chi connectivity index (χ1n) is 8.11. The molecule has 112 valence electrons. The van der Waals surface area contributed by atoms with Crippen molar-refractivity contribution >= 4 is 5.69 Å². The van der Waals surface area contributed by atoms with Crippen LogP contribution in [0.25, 0.3) is 0 Å². The molecule has 1 N–H and O–H groups in total. The smallest absolute Gasteiger partial charge is 0.0412 e. The molecule has 2 rings (SSSR count).